The van der Waals surface area contributed by atoms with Crippen LogP contribution in [0.15, 0.2) is 59.6 Å². The predicted octanol–water partition coefficient (Wildman–Crippen LogP) is 2.85. The first kappa shape index (κ1) is 16.2. The van der Waals surface area contributed by atoms with Crippen LogP contribution in [-0.2, 0) is 6.54 Å². The number of anilines is 1. The van der Waals surface area contributed by atoms with Crippen molar-refractivity contribution >= 4 is 23.1 Å². The molecule has 0 bridgehead atoms. The van der Waals surface area contributed by atoms with Gasteiger partial charge in [0.25, 0.3) is 0 Å². The van der Waals surface area contributed by atoms with Crippen LogP contribution in [0.4, 0.5) is 10.5 Å². The summed E-state index contributed by atoms with van der Waals surface area (Å²) in [5, 5.41) is 23.3. The number of aliphatic hydroxyl groups is 1. The number of hydrogen-bond donors (Lipinski definition) is 3. The molecule has 124 valence electrons. The number of urea groups is 1. The van der Waals surface area contributed by atoms with E-state index in [2.05, 4.69) is 15.7 Å². The topological polar surface area (TPSA) is 79.2 Å². The molecular formula is C17H18N4O2S. The average molecular weight is 342 g/mol. The molecule has 7 heteroatoms. The molecule has 0 aliphatic carbocycles. The molecule has 3 rings (SSSR count). The lowest BCUT2D eigenvalue weighted by molar-refractivity contribution is 0.175. The van der Waals surface area contributed by atoms with Crippen LogP contribution in [0.2, 0.25) is 0 Å². The van der Waals surface area contributed by atoms with Crippen molar-refractivity contribution in [2.24, 2.45) is 0 Å². The van der Waals surface area contributed by atoms with Crippen LogP contribution in [0, 0.1) is 0 Å². The molecule has 0 saturated heterocycles. The Balaban J connectivity index is 1.48. The van der Waals surface area contributed by atoms with E-state index in [0.717, 1.165) is 11.1 Å². The van der Waals surface area contributed by atoms with Crippen molar-refractivity contribution in [2.75, 3.05) is 11.9 Å². The van der Waals surface area contributed by atoms with Crippen molar-refractivity contribution in [3.63, 3.8) is 0 Å². The second-order valence-corrected chi connectivity index (χ2v) is 6.10. The van der Waals surface area contributed by atoms with Gasteiger partial charge in [-0.3, -0.25) is 4.68 Å². The number of benzene rings is 1. The molecule has 1 unspecified atom stereocenters. The summed E-state index contributed by atoms with van der Waals surface area (Å²) in [6.07, 6.45) is 2.66. The lowest BCUT2D eigenvalue weighted by Gasteiger charge is -2.10. The molecule has 0 radical (unpaired) electrons. The molecule has 24 heavy (non-hydrogen) atoms. The smallest absolute Gasteiger partial charge is 0.319 e. The average Bonchev–Trinajstić information content (AvgIpc) is 3.26. The van der Waals surface area contributed by atoms with Gasteiger partial charge < -0.3 is 15.7 Å². The van der Waals surface area contributed by atoms with Gasteiger partial charge in [0.2, 0.25) is 0 Å². The first-order valence-corrected chi connectivity index (χ1v) is 8.46. The summed E-state index contributed by atoms with van der Waals surface area (Å²) < 4.78 is 1.76. The summed E-state index contributed by atoms with van der Waals surface area (Å²) in [4.78, 5) is 11.9. The molecule has 2 heterocycles. The number of nitrogens with zero attached hydrogens (tertiary/aromatic N) is 2. The van der Waals surface area contributed by atoms with E-state index in [4.69, 9.17) is 0 Å². The van der Waals surface area contributed by atoms with Gasteiger partial charge in [-0.15, -0.1) is 0 Å². The predicted molar refractivity (Wildman–Crippen MR) is 94.1 cm³/mol. The van der Waals surface area contributed by atoms with E-state index in [1.807, 2.05) is 47.2 Å². The van der Waals surface area contributed by atoms with Gasteiger partial charge in [0, 0.05) is 12.7 Å². The van der Waals surface area contributed by atoms with Crippen molar-refractivity contribution in [2.45, 2.75) is 12.6 Å². The second kappa shape index (κ2) is 7.76. The fraction of sp³-hybridized carbons (Fsp3) is 0.176. The molecule has 0 fully saturated rings. The van der Waals surface area contributed by atoms with Gasteiger partial charge >= 0.3 is 6.03 Å². The highest BCUT2D eigenvalue weighted by molar-refractivity contribution is 7.07. The van der Waals surface area contributed by atoms with E-state index in [9.17, 15) is 9.90 Å². The van der Waals surface area contributed by atoms with Crippen molar-refractivity contribution in [1.82, 2.24) is 15.1 Å². The lowest BCUT2D eigenvalue weighted by atomic mass is 10.2. The fourth-order valence-electron chi connectivity index (χ4n) is 2.23. The Morgan fingerprint density at radius 3 is 2.88 bits per heavy atom. The number of rotatable bonds is 6. The lowest BCUT2D eigenvalue weighted by Crippen LogP contribution is -2.32. The van der Waals surface area contributed by atoms with Gasteiger partial charge in [0.1, 0.15) is 0 Å². The molecule has 1 aromatic carbocycles. The summed E-state index contributed by atoms with van der Waals surface area (Å²) in [5.41, 5.74) is 2.54. The number of thiophene rings is 1. The van der Waals surface area contributed by atoms with Crippen molar-refractivity contribution in [3.8, 4) is 0 Å². The molecule has 0 spiro atoms. The van der Waals surface area contributed by atoms with Gasteiger partial charge in [0.05, 0.1) is 24.5 Å². The SMILES string of the molecule is O=C(NCC(O)c1ccsc1)Nc1cnn(Cc2ccccc2)c1. The quantitative estimate of drug-likeness (QED) is 0.644. The zero-order valence-electron chi connectivity index (χ0n) is 12.9. The molecule has 0 aliphatic heterocycles. The molecular weight excluding hydrogens is 324 g/mol. The van der Waals surface area contributed by atoms with Gasteiger partial charge in [-0.05, 0) is 28.0 Å². The number of amides is 2. The normalized spacial score (nSPS) is 11.9. The van der Waals surface area contributed by atoms with Gasteiger partial charge in [-0.2, -0.15) is 16.4 Å². The summed E-state index contributed by atoms with van der Waals surface area (Å²) in [5.74, 6) is 0. The number of aromatic nitrogens is 2. The minimum absolute atomic E-state index is 0.153. The van der Waals surface area contributed by atoms with Crippen molar-refractivity contribution in [3.05, 3.63) is 70.7 Å². The van der Waals surface area contributed by atoms with Crippen LogP contribution in [0.1, 0.15) is 17.2 Å². The molecule has 6 nitrogen and oxygen atoms in total. The van der Waals surface area contributed by atoms with E-state index in [1.54, 1.807) is 17.1 Å². The standard InChI is InChI=1S/C17H18N4O2S/c22-16(14-6-7-24-12-14)9-18-17(23)20-15-8-19-21(11-15)10-13-4-2-1-3-5-13/h1-8,11-12,16,22H,9-10H2,(H2,18,20,23). The number of carbonyl (C=O) groups is 1. The maximum Gasteiger partial charge on any atom is 0.319 e. The fourth-order valence-corrected chi connectivity index (χ4v) is 2.94. The highest BCUT2D eigenvalue weighted by atomic mass is 32.1. The summed E-state index contributed by atoms with van der Waals surface area (Å²) in [7, 11) is 0. The van der Waals surface area contributed by atoms with E-state index in [1.165, 1.54) is 11.3 Å². The Labute approximate surface area is 143 Å². The molecule has 2 aromatic heterocycles. The van der Waals surface area contributed by atoms with Crippen LogP contribution in [-0.4, -0.2) is 27.5 Å². The highest BCUT2D eigenvalue weighted by Gasteiger charge is 2.10. The summed E-state index contributed by atoms with van der Waals surface area (Å²) in [6, 6.07) is 11.4. The third-order valence-corrected chi connectivity index (χ3v) is 4.16. The number of aliphatic hydroxyl groups excluding tert-OH is 1. The molecule has 0 saturated carbocycles. The molecule has 0 aliphatic rings. The minimum atomic E-state index is -0.706. The Morgan fingerprint density at radius 1 is 1.29 bits per heavy atom. The van der Waals surface area contributed by atoms with Gasteiger partial charge in [-0.1, -0.05) is 30.3 Å². The zero-order chi connectivity index (χ0) is 16.8. The van der Waals surface area contributed by atoms with E-state index >= 15 is 0 Å². The molecule has 3 N–H and O–H groups in total. The third-order valence-electron chi connectivity index (χ3n) is 3.46. The van der Waals surface area contributed by atoms with Crippen LogP contribution in [0.25, 0.3) is 0 Å². The van der Waals surface area contributed by atoms with Gasteiger partial charge in [-0.25, -0.2) is 4.79 Å². The highest BCUT2D eigenvalue weighted by Crippen LogP contribution is 2.15. The number of carbonyl (C=O) groups excluding carboxylic acids is 1. The van der Waals surface area contributed by atoms with Gasteiger partial charge in [0.15, 0.2) is 0 Å². The van der Waals surface area contributed by atoms with Crippen LogP contribution >= 0.6 is 11.3 Å². The molecule has 1 atom stereocenters. The van der Waals surface area contributed by atoms with E-state index in [0.29, 0.717) is 12.2 Å². The first-order valence-electron chi connectivity index (χ1n) is 7.52. The Bertz CT molecular complexity index is 771. The number of nitrogens with one attached hydrogen (secondary N) is 2. The Hall–Kier alpha value is -2.64. The Kier molecular flexibility index (Phi) is 5.25. The summed E-state index contributed by atoms with van der Waals surface area (Å²) >= 11 is 1.51. The van der Waals surface area contributed by atoms with Crippen LogP contribution in [0.5, 0.6) is 0 Å². The van der Waals surface area contributed by atoms with E-state index in [-0.39, 0.29) is 12.6 Å². The second-order valence-electron chi connectivity index (χ2n) is 5.32. The summed E-state index contributed by atoms with van der Waals surface area (Å²) in [6.45, 7) is 0.793. The maximum absolute atomic E-state index is 11.9. The largest absolute Gasteiger partial charge is 0.387 e. The number of hydrogen-bond acceptors (Lipinski definition) is 4. The van der Waals surface area contributed by atoms with Crippen LogP contribution in [0.3, 0.4) is 0 Å². The van der Waals surface area contributed by atoms with Crippen molar-refractivity contribution in [1.29, 1.82) is 0 Å². The molecule has 3 aromatic rings. The maximum atomic E-state index is 11.9. The zero-order valence-corrected chi connectivity index (χ0v) is 13.7. The minimum Gasteiger partial charge on any atom is -0.387 e. The Morgan fingerprint density at radius 2 is 2.12 bits per heavy atom. The third kappa shape index (κ3) is 4.43. The monoisotopic (exact) mass is 342 g/mol. The van der Waals surface area contributed by atoms with E-state index < -0.39 is 6.10 Å². The van der Waals surface area contributed by atoms with Crippen molar-refractivity contribution < 1.29 is 9.90 Å². The first-order chi connectivity index (χ1) is 11.7. The van der Waals surface area contributed by atoms with Crippen LogP contribution < -0.4 is 10.6 Å². The molecule has 2 amide bonds.